The summed E-state index contributed by atoms with van der Waals surface area (Å²) in [6.07, 6.45) is 0.241. The fourth-order valence-electron chi connectivity index (χ4n) is 1.61. The molecule has 2 nitrogen and oxygen atoms in total. The molecule has 0 bridgehead atoms. The highest BCUT2D eigenvalue weighted by molar-refractivity contribution is 9.10. The van der Waals surface area contributed by atoms with Crippen LogP contribution in [0.1, 0.15) is 15.9 Å². The molecule has 19 heavy (non-hydrogen) atoms. The molecule has 6 heteroatoms. The second-order valence-electron chi connectivity index (χ2n) is 3.80. The standard InChI is InChI=1S/C13H9BrCl2O2S/c1-18-8-2-3-10(14)7(4-8)5-11(17)9-6-12(15)19-13(9)16/h2-4,6H,5H2,1H3. The van der Waals surface area contributed by atoms with Crippen molar-refractivity contribution in [2.45, 2.75) is 6.42 Å². The second kappa shape index (κ2) is 6.27. The summed E-state index contributed by atoms with van der Waals surface area (Å²) in [6, 6.07) is 7.10. The number of carbonyl (C=O) groups excluding carboxylic acids is 1. The van der Waals surface area contributed by atoms with Gasteiger partial charge in [0.05, 0.1) is 11.4 Å². The van der Waals surface area contributed by atoms with Crippen molar-refractivity contribution in [3.05, 3.63) is 48.5 Å². The number of Topliss-reactive ketones (excluding diaryl/α,β-unsaturated/α-hetero) is 1. The third-order valence-corrected chi connectivity index (χ3v) is 4.82. The van der Waals surface area contributed by atoms with E-state index in [2.05, 4.69) is 15.9 Å². The van der Waals surface area contributed by atoms with Gasteiger partial charge in [-0.1, -0.05) is 39.1 Å². The maximum absolute atomic E-state index is 12.2. The molecule has 0 saturated heterocycles. The van der Waals surface area contributed by atoms with Crippen LogP contribution in [0.5, 0.6) is 5.75 Å². The van der Waals surface area contributed by atoms with Crippen LogP contribution < -0.4 is 4.74 Å². The van der Waals surface area contributed by atoms with Crippen LogP contribution in [0, 0.1) is 0 Å². The first-order valence-corrected chi connectivity index (χ1v) is 7.68. The molecule has 1 heterocycles. The van der Waals surface area contributed by atoms with Gasteiger partial charge in [-0.05, 0) is 29.8 Å². The third-order valence-electron chi connectivity index (χ3n) is 2.56. The summed E-state index contributed by atoms with van der Waals surface area (Å²) < 4.78 is 6.95. The van der Waals surface area contributed by atoms with Crippen LogP contribution in [-0.2, 0) is 6.42 Å². The molecule has 0 aliphatic heterocycles. The highest BCUT2D eigenvalue weighted by atomic mass is 79.9. The van der Waals surface area contributed by atoms with Crippen LogP contribution >= 0.6 is 50.5 Å². The number of thiophene rings is 1. The Morgan fingerprint density at radius 2 is 2.11 bits per heavy atom. The van der Waals surface area contributed by atoms with E-state index in [1.807, 2.05) is 18.2 Å². The van der Waals surface area contributed by atoms with Gasteiger partial charge in [0.15, 0.2) is 5.78 Å². The molecular formula is C13H9BrCl2O2S. The molecule has 0 radical (unpaired) electrons. The van der Waals surface area contributed by atoms with Crippen LogP contribution in [0.3, 0.4) is 0 Å². The lowest BCUT2D eigenvalue weighted by Gasteiger charge is -2.06. The minimum Gasteiger partial charge on any atom is -0.497 e. The number of carbonyl (C=O) groups is 1. The molecular weight excluding hydrogens is 371 g/mol. The summed E-state index contributed by atoms with van der Waals surface area (Å²) in [5, 5.41) is 0. The van der Waals surface area contributed by atoms with Crippen molar-refractivity contribution in [3.8, 4) is 5.75 Å². The van der Waals surface area contributed by atoms with Crippen molar-refractivity contribution in [1.82, 2.24) is 0 Å². The van der Waals surface area contributed by atoms with E-state index in [-0.39, 0.29) is 12.2 Å². The number of rotatable bonds is 4. The van der Waals surface area contributed by atoms with E-state index >= 15 is 0 Å². The lowest BCUT2D eigenvalue weighted by molar-refractivity contribution is 0.0993. The first-order valence-electron chi connectivity index (χ1n) is 5.31. The summed E-state index contributed by atoms with van der Waals surface area (Å²) in [7, 11) is 1.59. The van der Waals surface area contributed by atoms with Gasteiger partial charge in [-0.25, -0.2) is 0 Å². The normalized spacial score (nSPS) is 10.5. The van der Waals surface area contributed by atoms with Gasteiger partial charge in [-0.3, -0.25) is 4.79 Å². The Labute approximate surface area is 133 Å². The van der Waals surface area contributed by atoms with Crippen LogP contribution in [0.15, 0.2) is 28.7 Å². The van der Waals surface area contributed by atoms with Crippen molar-refractivity contribution in [3.63, 3.8) is 0 Å². The largest absolute Gasteiger partial charge is 0.497 e. The maximum atomic E-state index is 12.2. The Kier molecular flexibility index (Phi) is 4.90. The molecule has 0 saturated carbocycles. The van der Waals surface area contributed by atoms with Crippen LogP contribution in [-0.4, -0.2) is 12.9 Å². The number of ether oxygens (including phenoxy) is 1. The van der Waals surface area contributed by atoms with Crippen LogP contribution in [0.2, 0.25) is 8.67 Å². The highest BCUT2D eigenvalue weighted by Crippen LogP contribution is 2.32. The zero-order chi connectivity index (χ0) is 14.0. The number of ketones is 1. The van der Waals surface area contributed by atoms with Crippen molar-refractivity contribution in [2.24, 2.45) is 0 Å². The minimum absolute atomic E-state index is 0.0675. The minimum atomic E-state index is -0.0675. The molecule has 0 aliphatic carbocycles. The lowest BCUT2D eigenvalue weighted by atomic mass is 10.1. The molecule has 0 unspecified atom stereocenters. The Hall–Kier alpha value is -0.550. The molecule has 0 atom stereocenters. The summed E-state index contributed by atoms with van der Waals surface area (Å²) in [6.45, 7) is 0. The van der Waals surface area contributed by atoms with E-state index < -0.39 is 0 Å². The van der Waals surface area contributed by atoms with Gasteiger partial charge < -0.3 is 4.74 Å². The monoisotopic (exact) mass is 378 g/mol. The molecule has 100 valence electrons. The predicted octanol–water partition coefficient (Wildman–Crippen LogP) is 5.25. The van der Waals surface area contributed by atoms with E-state index in [0.29, 0.717) is 20.0 Å². The summed E-state index contributed by atoms with van der Waals surface area (Å²) in [5.41, 5.74) is 1.31. The maximum Gasteiger partial charge on any atom is 0.169 e. The molecule has 0 amide bonds. The zero-order valence-corrected chi connectivity index (χ0v) is 13.8. The smallest absolute Gasteiger partial charge is 0.169 e. The fraction of sp³-hybridized carbons (Fsp3) is 0.154. The van der Waals surface area contributed by atoms with Crippen LogP contribution in [0.25, 0.3) is 0 Å². The van der Waals surface area contributed by atoms with Gasteiger partial charge in [0, 0.05) is 16.5 Å². The molecule has 0 fully saturated rings. The number of methoxy groups -OCH3 is 1. The number of hydrogen-bond donors (Lipinski definition) is 0. The average Bonchev–Trinajstić information content (AvgIpc) is 2.71. The van der Waals surface area contributed by atoms with Crippen LogP contribution in [0.4, 0.5) is 0 Å². The van der Waals surface area contributed by atoms with E-state index in [9.17, 15) is 4.79 Å². The first-order chi connectivity index (χ1) is 9.01. The SMILES string of the molecule is COc1ccc(Br)c(CC(=O)c2cc(Cl)sc2Cl)c1. The molecule has 2 rings (SSSR count). The Morgan fingerprint density at radius 3 is 2.68 bits per heavy atom. The molecule has 1 aromatic carbocycles. The van der Waals surface area contributed by atoms with Gasteiger partial charge in [-0.15, -0.1) is 11.3 Å². The van der Waals surface area contributed by atoms with Gasteiger partial charge in [-0.2, -0.15) is 0 Å². The zero-order valence-electron chi connectivity index (χ0n) is 9.88. The van der Waals surface area contributed by atoms with E-state index in [0.717, 1.165) is 10.0 Å². The van der Waals surface area contributed by atoms with E-state index in [1.54, 1.807) is 13.2 Å². The van der Waals surface area contributed by atoms with Gasteiger partial charge in [0.25, 0.3) is 0 Å². The lowest BCUT2D eigenvalue weighted by Crippen LogP contribution is -2.03. The summed E-state index contributed by atoms with van der Waals surface area (Å²) >= 11 is 16.4. The topological polar surface area (TPSA) is 26.3 Å². The highest BCUT2D eigenvalue weighted by Gasteiger charge is 2.16. The number of benzene rings is 1. The molecule has 2 aromatic rings. The van der Waals surface area contributed by atoms with E-state index in [1.165, 1.54) is 11.3 Å². The second-order valence-corrected chi connectivity index (χ2v) is 6.94. The van der Waals surface area contributed by atoms with Crippen molar-refractivity contribution in [2.75, 3.05) is 7.11 Å². The van der Waals surface area contributed by atoms with Crippen molar-refractivity contribution in [1.29, 1.82) is 0 Å². The van der Waals surface area contributed by atoms with Gasteiger partial charge in [0.2, 0.25) is 0 Å². The molecule has 0 spiro atoms. The number of hydrogen-bond acceptors (Lipinski definition) is 3. The number of halogens is 3. The third kappa shape index (κ3) is 3.51. The molecule has 1 aromatic heterocycles. The predicted molar refractivity (Wildman–Crippen MR) is 83.1 cm³/mol. The summed E-state index contributed by atoms with van der Waals surface area (Å²) in [4.78, 5) is 12.2. The van der Waals surface area contributed by atoms with E-state index in [4.69, 9.17) is 27.9 Å². The van der Waals surface area contributed by atoms with Gasteiger partial charge in [0.1, 0.15) is 10.1 Å². The first kappa shape index (κ1) is 14.9. The Balaban J connectivity index is 2.26. The quantitative estimate of drug-likeness (QED) is 0.678. The molecule has 0 N–H and O–H groups in total. The Bertz CT molecular complexity index is 625. The van der Waals surface area contributed by atoms with Crippen molar-refractivity contribution >= 4 is 56.3 Å². The van der Waals surface area contributed by atoms with Crippen molar-refractivity contribution < 1.29 is 9.53 Å². The summed E-state index contributed by atoms with van der Waals surface area (Å²) in [5.74, 6) is 0.641. The molecule has 0 aliphatic rings. The Morgan fingerprint density at radius 1 is 1.37 bits per heavy atom. The average molecular weight is 380 g/mol. The van der Waals surface area contributed by atoms with Gasteiger partial charge >= 0.3 is 0 Å². The fourth-order valence-corrected chi connectivity index (χ4v) is 3.50.